The van der Waals surface area contributed by atoms with Gasteiger partial charge in [-0.1, -0.05) is 0 Å². The van der Waals surface area contributed by atoms with Crippen LogP contribution < -0.4 is 5.32 Å². The first-order valence-electron chi connectivity index (χ1n) is 7.89. The molecule has 0 aromatic carbocycles. The lowest BCUT2D eigenvalue weighted by Gasteiger charge is -2.27. The van der Waals surface area contributed by atoms with E-state index in [4.69, 9.17) is 5.11 Å². The Morgan fingerprint density at radius 2 is 2.12 bits per heavy atom. The van der Waals surface area contributed by atoms with E-state index >= 15 is 0 Å². The molecule has 0 atom stereocenters. The quantitative estimate of drug-likeness (QED) is 0.807. The SMILES string of the molecule is O=C(O)Cn1ccc(NC(=O)CCC(=O)N2CCc3sccc3C2)n1. The highest BCUT2D eigenvalue weighted by molar-refractivity contribution is 7.10. The summed E-state index contributed by atoms with van der Waals surface area (Å²) < 4.78 is 1.22. The van der Waals surface area contributed by atoms with Gasteiger partial charge in [0.15, 0.2) is 5.82 Å². The van der Waals surface area contributed by atoms with Gasteiger partial charge in [0, 0.05) is 43.1 Å². The number of carbonyl (C=O) groups is 3. The molecule has 2 aromatic rings. The number of hydrogen-bond donors (Lipinski definition) is 2. The summed E-state index contributed by atoms with van der Waals surface area (Å²) in [5, 5.41) is 17.2. The zero-order valence-electron chi connectivity index (χ0n) is 13.5. The van der Waals surface area contributed by atoms with E-state index in [1.165, 1.54) is 27.4 Å². The van der Waals surface area contributed by atoms with Crippen LogP contribution in [0.1, 0.15) is 23.3 Å². The first-order valence-corrected chi connectivity index (χ1v) is 8.77. The Morgan fingerprint density at radius 3 is 2.92 bits per heavy atom. The highest BCUT2D eigenvalue weighted by Gasteiger charge is 2.21. The van der Waals surface area contributed by atoms with Gasteiger partial charge in [0.1, 0.15) is 6.54 Å². The number of carboxylic acid groups (broad SMARTS) is 1. The number of amides is 2. The highest BCUT2D eigenvalue weighted by atomic mass is 32.1. The number of nitrogens with zero attached hydrogens (tertiary/aromatic N) is 3. The lowest BCUT2D eigenvalue weighted by molar-refractivity contribution is -0.138. The van der Waals surface area contributed by atoms with E-state index < -0.39 is 5.97 Å². The second-order valence-corrected chi connectivity index (χ2v) is 6.78. The zero-order chi connectivity index (χ0) is 17.8. The predicted molar refractivity (Wildman–Crippen MR) is 91.2 cm³/mol. The molecule has 3 heterocycles. The molecular formula is C16H18N4O4S. The third-order valence-corrected chi connectivity index (χ3v) is 4.95. The van der Waals surface area contributed by atoms with Crippen molar-refractivity contribution in [3.05, 3.63) is 34.2 Å². The Kier molecular flexibility index (Phi) is 5.13. The average Bonchev–Trinajstić information content (AvgIpc) is 3.20. The summed E-state index contributed by atoms with van der Waals surface area (Å²) >= 11 is 1.72. The van der Waals surface area contributed by atoms with Crippen LogP contribution in [-0.2, 0) is 33.9 Å². The van der Waals surface area contributed by atoms with Gasteiger partial charge in [0.2, 0.25) is 11.8 Å². The average molecular weight is 362 g/mol. The molecule has 9 heteroatoms. The number of aromatic nitrogens is 2. The van der Waals surface area contributed by atoms with Gasteiger partial charge in [-0.2, -0.15) is 5.10 Å². The van der Waals surface area contributed by atoms with E-state index in [1.807, 2.05) is 11.4 Å². The summed E-state index contributed by atoms with van der Waals surface area (Å²) in [4.78, 5) is 37.9. The summed E-state index contributed by atoms with van der Waals surface area (Å²) in [6.45, 7) is 1.03. The maximum Gasteiger partial charge on any atom is 0.325 e. The second-order valence-electron chi connectivity index (χ2n) is 5.77. The number of carboxylic acids is 1. The van der Waals surface area contributed by atoms with Crippen molar-refractivity contribution in [1.29, 1.82) is 0 Å². The minimum Gasteiger partial charge on any atom is -0.480 e. The molecule has 0 spiro atoms. The van der Waals surface area contributed by atoms with Crippen molar-refractivity contribution >= 4 is 34.9 Å². The maximum absolute atomic E-state index is 12.3. The molecule has 0 unspecified atom stereocenters. The van der Waals surface area contributed by atoms with Crippen molar-refractivity contribution in [3.63, 3.8) is 0 Å². The number of anilines is 1. The Morgan fingerprint density at radius 1 is 1.28 bits per heavy atom. The molecule has 0 aliphatic carbocycles. The smallest absolute Gasteiger partial charge is 0.325 e. The van der Waals surface area contributed by atoms with Gasteiger partial charge in [-0.25, -0.2) is 0 Å². The van der Waals surface area contributed by atoms with Crippen molar-refractivity contribution in [1.82, 2.24) is 14.7 Å². The lowest BCUT2D eigenvalue weighted by Crippen LogP contribution is -2.35. The summed E-state index contributed by atoms with van der Waals surface area (Å²) in [6, 6.07) is 3.56. The van der Waals surface area contributed by atoms with E-state index in [0.29, 0.717) is 13.1 Å². The summed E-state index contributed by atoms with van der Waals surface area (Å²) in [6.07, 6.45) is 2.55. The van der Waals surface area contributed by atoms with Crippen LogP contribution in [0.3, 0.4) is 0 Å². The minimum atomic E-state index is -1.01. The van der Waals surface area contributed by atoms with Gasteiger partial charge in [-0.05, 0) is 23.4 Å². The van der Waals surface area contributed by atoms with Crippen molar-refractivity contribution in [3.8, 4) is 0 Å². The Hall–Kier alpha value is -2.68. The molecule has 0 saturated carbocycles. The van der Waals surface area contributed by atoms with Gasteiger partial charge >= 0.3 is 5.97 Å². The van der Waals surface area contributed by atoms with E-state index in [0.717, 1.165) is 6.42 Å². The fourth-order valence-corrected chi connectivity index (χ4v) is 3.59. The molecule has 1 aliphatic rings. The van der Waals surface area contributed by atoms with Crippen LogP contribution in [0.5, 0.6) is 0 Å². The van der Waals surface area contributed by atoms with Gasteiger partial charge < -0.3 is 15.3 Å². The molecule has 8 nitrogen and oxygen atoms in total. The number of rotatable bonds is 6. The number of fused-ring (bicyclic) bond motifs is 1. The third kappa shape index (κ3) is 4.44. The first kappa shape index (κ1) is 17.2. The molecule has 132 valence electrons. The number of carbonyl (C=O) groups excluding carboxylic acids is 2. The molecule has 1 aliphatic heterocycles. The third-order valence-electron chi connectivity index (χ3n) is 3.93. The maximum atomic E-state index is 12.3. The van der Waals surface area contributed by atoms with Crippen LogP contribution in [0.4, 0.5) is 5.82 Å². The van der Waals surface area contributed by atoms with E-state index in [1.54, 1.807) is 16.2 Å². The molecule has 2 N–H and O–H groups in total. The minimum absolute atomic E-state index is 0.0385. The monoisotopic (exact) mass is 362 g/mol. The molecule has 2 amide bonds. The molecule has 0 radical (unpaired) electrons. The topological polar surface area (TPSA) is 105 Å². The molecular weight excluding hydrogens is 344 g/mol. The van der Waals surface area contributed by atoms with Crippen LogP contribution in [0.15, 0.2) is 23.7 Å². The van der Waals surface area contributed by atoms with Crippen molar-refractivity contribution in [2.24, 2.45) is 0 Å². The number of nitrogens with one attached hydrogen (secondary N) is 1. The molecule has 2 aromatic heterocycles. The summed E-state index contributed by atoms with van der Waals surface area (Å²) in [5.41, 5.74) is 1.19. The highest BCUT2D eigenvalue weighted by Crippen LogP contribution is 2.24. The summed E-state index contributed by atoms with van der Waals surface area (Å²) in [5.74, 6) is -1.09. The molecule has 0 saturated heterocycles. The van der Waals surface area contributed by atoms with Crippen LogP contribution in [0.25, 0.3) is 0 Å². The van der Waals surface area contributed by atoms with Gasteiger partial charge in [0.25, 0.3) is 0 Å². The molecule has 25 heavy (non-hydrogen) atoms. The predicted octanol–water partition coefficient (Wildman–Crippen LogP) is 1.33. The Labute approximate surface area is 148 Å². The Balaban J connectivity index is 1.45. The van der Waals surface area contributed by atoms with E-state index in [-0.39, 0.29) is 37.0 Å². The second kappa shape index (κ2) is 7.47. The number of thiophene rings is 1. The normalized spacial score (nSPS) is 13.4. The molecule has 3 rings (SSSR count). The number of hydrogen-bond acceptors (Lipinski definition) is 5. The van der Waals surface area contributed by atoms with Gasteiger partial charge in [0.05, 0.1) is 0 Å². The van der Waals surface area contributed by atoms with Gasteiger partial charge in [-0.15, -0.1) is 11.3 Å². The van der Waals surface area contributed by atoms with Crippen LogP contribution >= 0.6 is 11.3 Å². The van der Waals surface area contributed by atoms with E-state index in [2.05, 4.69) is 10.4 Å². The lowest BCUT2D eigenvalue weighted by atomic mass is 10.1. The van der Waals surface area contributed by atoms with Gasteiger partial charge in [-0.3, -0.25) is 19.1 Å². The molecule has 0 fully saturated rings. The van der Waals surface area contributed by atoms with Crippen molar-refractivity contribution < 1.29 is 19.5 Å². The zero-order valence-corrected chi connectivity index (χ0v) is 14.3. The number of aliphatic carboxylic acids is 1. The standard InChI is InChI=1S/C16H18N4O4S/c21-14(17-13-4-7-20(18-13)10-16(23)24)1-2-15(22)19-6-3-12-11(9-19)5-8-25-12/h4-5,7-8H,1-3,6,9-10H2,(H,23,24)(H,17,18,21). The van der Waals surface area contributed by atoms with Crippen molar-refractivity contribution in [2.75, 3.05) is 11.9 Å². The first-order chi connectivity index (χ1) is 12.0. The Bertz CT molecular complexity index is 798. The van der Waals surface area contributed by atoms with Crippen LogP contribution in [-0.4, -0.2) is 44.1 Å². The summed E-state index contributed by atoms with van der Waals surface area (Å²) in [7, 11) is 0. The van der Waals surface area contributed by atoms with Crippen molar-refractivity contribution in [2.45, 2.75) is 32.4 Å². The van der Waals surface area contributed by atoms with Crippen LogP contribution in [0, 0.1) is 0 Å². The molecule has 0 bridgehead atoms. The largest absolute Gasteiger partial charge is 0.480 e. The van der Waals surface area contributed by atoms with E-state index in [9.17, 15) is 14.4 Å². The fourth-order valence-electron chi connectivity index (χ4n) is 2.70. The van der Waals surface area contributed by atoms with Crippen LogP contribution in [0.2, 0.25) is 0 Å². The fraction of sp³-hybridized carbons (Fsp3) is 0.375.